The highest BCUT2D eigenvalue weighted by molar-refractivity contribution is 7.89. The van der Waals surface area contributed by atoms with E-state index in [9.17, 15) is 34.8 Å². The molecule has 1 heterocycles. The first-order valence-electron chi connectivity index (χ1n) is 14.3. The van der Waals surface area contributed by atoms with Crippen LogP contribution in [0, 0.1) is 12.8 Å². The van der Waals surface area contributed by atoms with Gasteiger partial charge in [-0.15, -0.1) is 13.2 Å². The fourth-order valence-corrected chi connectivity index (χ4v) is 9.15. The van der Waals surface area contributed by atoms with Crippen LogP contribution in [0.2, 0.25) is 0 Å². The van der Waals surface area contributed by atoms with Crippen LogP contribution in [0.5, 0.6) is 5.75 Å². The van der Waals surface area contributed by atoms with Crippen molar-refractivity contribution in [1.82, 2.24) is 9.21 Å². The smallest absolute Gasteiger partial charge is 0.406 e. The molecule has 5 rings (SSSR count). The highest BCUT2D eigenvalue weighted by atomic mass is 32.2. The Bertz CT molecular complexity index is 1770. The van der Waals surface area contributed by atoms with Crippen molar-refractivity contribution in [2.24, 2.45) is 5.92 Å². The Morgan fingerprint density at radius 3 is 2.11 bits per heavy atom. The molecular formula is C31H33F3N2O7S2. The number of aryl methyl sites for hydroxylation is 1. The summed E-state index contributed by atoms with van der Waals surface area (Å²) >= 11 is 0. The minimum Gasteiger partial charge on any atom is -0.406 e. The zero-order valence-electron chi connectivity index (χ0n) is 24.8. The van der Waals surface area contributed by atoms with Crippen molar-refractivity contribution < 1.29 is 43.7 Å². The van der Waals surface area contributed by atoms with Crippen LogP contribution in [0.25, 0.3) is 0 Å². The lowest BCUT2D eigenvalue weighted by Crippen LogP contribution is -2.58. The number of sulfonamides is 1. The number of benzene rings is 3. The lowest BCUT2D eigenvalue weighted by atomic mass is 10.1. The van der Waals surface area contributed by atoms with Gasteiger partial charge in [-0.3, -0.25) is 9.69 Å². The van der Waals surface area contributed by atoms with Gasteiger partial charge in [0.05, 0.1) is 10.8 Å². The molecule has 14 heteroatoms. The number of fused-ring (bicyclic) bond motifs is 1. The van der Waals surface area contributed by atoms with E-state index in [-0.39, 0.29) is 28.4 Å². The summed E-state index contributed by atoms with van der Waals surface area (Å²) in [5.74, 6) is -2.12. The first kappa shape index (κ1) is 32.9. The first-order valence-corrected chi connectivity index (χ1v) is 17.1. The summed E-state index contributed by atoms with van der Waals surface area (Å²) in [7, 11) is -8.36. The van der Waals surface area contributed by atoms with E-state index in [0.29, 0.717) is 30.8 Å². The van der Waals surface area contributed by atoms with Crippen molar-refractivity contribution >= 4 is 26.1 Å². The number of ether oxygens (including phenoxy) is 1. The Kier molecular flexibility index (Phi) is 9.06. The highest BCUT2D eigenvalue weighted by Gasteiger charge is 2.42. The van der Waals surface area contributed by atoms with Gasteiger partial charge >= 0.3 is 22.4 Å². The van der Waals surface area contributed by atoms with Crippen molar-refractivity contribution in [1.29, 1.82) is 0 Å². The zero-order valence-corrected chi connectivity index (χ0v) is 26.5. The molecule has 3 atom stereocenters. The summed E-state index contributed by atoms with van der Waals surface area (Å²) in [6.07, 6.45) is -4.62. The molecule has 0 amide bonds. The number of rotatable bonds is 8. The summed E-state index contributed by atoms with van der Waals surface area (Å²) in [6, 6.07) is 15.4. The third-order valence-electron chi connectivity index (χ3n) is 8.01. The van der Waals surface area contributed by atoms with Crippen LogP contribution in [-0.4, -0.2) is 63.5 Å². The Morgan fingerprint density at radius 2 is 1.51 bits per heavy atom. The molecule has 0 saturated carbocycles. The third-order valence-corrected chi connectivity index (χ3v) is 11.5. The molecule has 3 aromatic rings. The van der Waals surface area contributed by atoms with Crippen molar-refractivity contribution in [3.8, 4) is 5.75 Å². The van der Waals surface area contributed by atoms with Crippen molar-refractivity contribution in [2.45, 2.75) is 68.4 Å². The van der Waals surface area contributed by atoms with Gasteiger partial charge in [0.1, 0.15) is 10.6 Å². The number of halogens is 3. The maximum absolute atomic E-state index is 14.1. The van der Waals surface area contributed by atoms with Crippen LogP contribution >= 0.6 is 0 Å². The molecule has 242 valence electrons. The molecule has 1 fully saturated rings. The molecule has 45 heavy (non-hydrogen) atoms. The topological polar surface area (TPSA) is 110 Å². The Hall–Kier alpha value is -3.46. The van der Waals surface area contributed by atoms with Crippen molar-refractivity contribution in [3.05, 3.63) is 89.0 Å². The molecule has 1 saturated heterocycles. The van der Waals surface area contributed by atoms with E-state index in [1.807, 2.05) is 4.90 Å². The maximum atomic E-state index is 14.1. The molecule has 9 nitrogen and oxygen atoms in total. The number of carbonyl (C=O) groups is 1. The van der Waals surface area contributed by atoms with Crippen LogP contribution < -0.4 is 4.74 Å². The number of hydrogen-bond donors (Lipinski definition) is 0. The second kappa shape index (κ2) is 12.4. The number of piperazine rings is 1. The van der Waals surface area contributed by atoms with Crippen LogP contribution in [0.1, 0.15) is 36.1 Å². The van der Waals surface area contributed by atoms with Gasteiger partial charge in [0.15, 0.2) is 0 Å². The number of hydrogen-bond acceptors (Lipinski definition) is 8. The van der Waals surface area contributed by atoms with Gasteiger partial charge < -0.3 is 8.92 Å². The molecule has 1 aliphatic heterocycles. The largest absolute Gasteiger partial charge is 0.573 e. The van der Waals surface area contributed by atoms with E-state index in [2.05, 4.69) is 4.74 Å². The number of alkyl halides is 3. The second-order valence-electron chi connectivity index (χ2n) is 11.6. The summed E-state index contributed by atoms with van der Waals surface area (Å²) < 4.78 is 101. The van der Waals surface area contributed by atoms with Crippen LogP contribution in [-0.2, 0) is 48.5 Å². The molecule has 1 aliphatic carbocycles. The SMILES string of the molecule is Cc1ccc(S(=O)(=O)OC(=O)C2Cc3cccc(S(=O)(=O)N4C(C)CN(Cc5ccc(OC(F)(F)F)cc5)CC4C)c3C2)cc1. The minimum absolute atomic E-state index is 0.0176. The van der Waals surface area contributed by atoms with Crippen molar-refractivity contribution in [3.63, 3.8) is 0 Å². The predicted octanol–water partition coefficient (Wildman–Crippen LogP) is 4.82. The van der Waals surface area contributed by atoms with Crippen LogP contribution in [0.15, 0.2) is 76.5 Å². The van der Waals surface area contributed by atoms with Crippen LogP contribution in [0.3, 0.4) is 0 Å². The molecule has 3 aromatic carbocycles. The van der Waals surface area contributed by atoms with Gasteiger partial charge in [-0.25, -0.2) is 8.42 Å². The Morgan fingerprint density at radius 1 is 0.889 bits per heavy atom. The minimum atomic E-state index is -4.78. The number of nitrogens with zero attached hydrogens (tertiary/aromatic N) is 2. The van der Waals surface area contributed by atoms with E-state index in [1.54, 1.807) is 57.2 Å². The average molecular weight is 667 g/mol. The summed E-state index contributed by atoms with van der Waals surface area (Å²) in [4.78, 5) is 14.9. The quantitative estimate of drug-likeness (QED) is 0.315. The summed E-state index contributed by atoms with van der Waals surface area (Å²) in [5, 5.41) is 0. The molecule has 0 bridgehead atoms. The van der Waals surface area contributed by atoms with Crippen molar-refractivity contribution in [2.75, 3.05) is 13.1 Å². The zero-order chi connectivity index (χ0) is 32.7. The van der Waals surface area contributed by atoms with Crippen LogP contribution in [0.4, 0.5) is 13.2 Å². The summed E-state index contributed by atoms with van der Waals surface area (Å²) in [6.45, 7) is 6.55. The molecular weight excluding hydrogens is 633 g/mol. The van der Waals surface area contributed by atoms with Gasteiger partial charge in [-0.2, -0.15) is 12.7 Å². The fourth-order valence-electron chi connectivity index (χ4n) is 6.14. The normalized spacial score (nSPS) is 21.3. The summed E-state index contributed by atoms with van der Waals surface area (Å²) in [5.41, 5.74) is 2.71. The Balaban J connectivity index is 1.27. The fraction of sp³-hybridized carbons (Fsp3) is 0.387. The van der Waals surface area contributed by atoms with E-state index in [4.69, 9.17) is 4.18 Å². The van der Waals surface area contributed by atoms with Gasteiger partial charge in [0.25, 0.3) is 0 Å². The van der Waals surface area contributed by atoms with E-state index >= 15 is 0 Å². The van der Waals surface area contributed by atoms with Gasteiger partial charge in [0.2, 0.25) is 10.0 Å². The van der Waals surface area contributed by atoms with E-state index < -0.39 is 50.5 Å². The number of carbonyl (C=O) groups excluding carboxylic acids is 1. The van der Waals surface area contributed by atoms with Gasteiger partial charge in [-0.05, 0) is 80.6 Å². The molecule has 0 aromatic heterocycles. The molecule has 0 spiro atoms. The van der Waals surface area contributed by atoms with Gasteiger partial charge in [0, 0.05) is 31.7 Å². The molecule has 0 N–H and O–H groups in total. The van der Waals surface area contributed by atoms with E-state index in [1.165, 1.54) is 34.6 Å². The molecule has 0 radical (unpaired) electrons. The Labute approximate surface area is 260 Å². The average Bonchev–Trinajstić information content (AvgIpc) is 3.38. The molecule has 3 unspecified atom stereocenters. The standard InChI is InChI=1S/C31H33F3N2O7S2/c1-20-7-13-27(14-8-20)45(40,41)43-30(37)25-15-24-5-4-6-29(28(24)16-25)44(38,39)36-21(2)17-35(18-22(36)3)19-23-9-11-26(12-10-23)42-31(32,33)34/h4-14,21-22,25H,15-19H2,1-3H3. The lowest BCUT2D eigenvalue weighted by Gasteiger charge is -2.43. The predicted molar refractivity (Wildman–Crippen MR) is 158 cm³/mol. The third kappa shape index (κ3) is 7.35. The monoisotopic (exact) mass is 666 g/mol. The lowest BCUT2D eigenvalue weighted by molar-refractivity contribution is -0.274. The second-order valence-corrected chi connectivity index (χ2v) is 14.9. The van der Waals surface area contributed by atoms with Gasteiger partial charge in [-0.1, -0.05) is 42.0 Å². The molecule has 2 aliphatic rings. The maximum Gasteiger partial charge on any atom is 0.573 e. The highest BCUT2D eigenvalue weighted by Crippen LogP contribution is 2.36. The van der Waals surface area contributed by atoms with E-state index in [0.717, 1.165) is 11.1 Å². The first-order chi connectivity index (χ1) is 21.0.